The van der Waals surface area contributed by atoms with Crippen LogP contribution in [0, 0.1) is 5.92 Å². The van der Waals surface area contributed by atoms with Gasteiger partial charge in [0.25, 0.3) is 0 Å². The highest BCUT2D eigenvalue weighted by Gasteiger charge is 2.54. The van der Waals surface area contributed by atoms with Crippen LogP contribution in [0.4, 0.5) is 0 Å². The van der Waals surface area contributed by atoms with Gasteiger partial charge in [0.15, 0.2) is 0 Å². The molecule has 1 N–H and O–H groups in total. The van der Waals surface area contributed by atoms with Crippen LogP contribution in [0.5, 0.6) is 0 Å². The Morgan fingerprint density at radius 1 is 1.33 bits per heavy atom. The maximum absolute atomic E-state index is 8.68. The van der Waals surface area contributed by atoms with E-state index in [1.165, 1.54) is 38.5 Å². The fourth-order valence-corrected chi connectivity index (χ4v) is 2.52. The third kappa shape index (κ3) is 1.50. The van der Waals surface area contributed by atoms with E-state index in [-0.39, 0.29) is 12.2 Å². The summed E-state index contributed by atoms with van der Waals surface area (Å²) in [5, 5.41) is 8.68. The molecule has 2 unspecified atom stereocenters. The third-order valence-electron chi connectivity index (χ3n) is 3.31. The molecule has 0 heterocycles. The molecule has 2 saturated carbocycles. The number of aliphatic hydroxyl groups excluding tert-OH is 1. The van der Waals surface area contributed by atoms with Crippen LogP contribution >= 0.6 is 0 Å². The Balaban J connectivity index is 1.85. The fourth-order valence-electron chi connectivity index (χ4n) is 2.52. The van der Waals surface area contributed by atoms with E-state index in [0.29, 0.717) is 6.61 Å². The molecule has 70 valence electrons. The molecule has 2 aliphatic rings. The summed E-state index contributed by atoms with van der Waals surface area (Å²) in [5.74, 6) is 0.826. The first-order chi connectivity index (χ1) is 5.87. The van der Waals surface area contributed by atoms with E-state index in [2.05, 4.69) is 0 Å². The van der Waals surface area contributed by atoms with Gasteiger partial charge in [0, 0.05) is 0 Å². The van der Waals surface area contributed by atoms with Crippen LogP contribution in [-0.2, 0) is 4.74 Å². The van der Waals surface area contributed by atoms with Crippen LogP contribution in [0.15, 0.2) is 0 Å². The van der Waals surface area contributed by atoms with Crippen LogP contribution < -0.4 is 0 Å². The van der Waals surface area contributed by atoms with Crippen molar-refractivity contribution in [2.24, 2.45) is 5.92 Å². The molecule has 2 atom stereocenters. The van der Waals surface area contributed by atoms with Gasteiger partial charge in [-0.1, -0.05) is 19.3 Å². The molecule has 2 rings (SSSR count). The highest BCUT2D eigenvalue weighted by Crippen LogP contribution is 2.54. The first-order valence-electron chi connectivity index (χ1n) is 5.12. The van der Waals surface area contributed by atoms with Crippen LogP contribution in [0.2, 0.25) is 0 Å². The standard InChI is InChI=1S/C10H18O2/c11-6-7-12-10-5-3-1-2-4-9(10)8-10/h9,11H,1-8H2. The summed E-state index contributed by atoms with van der Waals surface area (Å²) >= 11 is 0. The summed E-state index contributed by atoms with van der Waals surface area (Å²) in [6, 6.07) is 0. The average molecular weight is 170 g/mol. The zero-order valence-corrected chi connectivity index (χ0v) is 7.59. The number of aliphatic hydroxyl groups is 1. The van der Waals surface area contributed by atoms with E-state index < -0.39 is 0 Å². The largest absolute Gasteiger partial charge is 0.394 e. The second-order valence-corrected chi connectivity index (χ2v) is 4.14. The minimum Gasteiger partial charge on any atom is -0.394 e. The van der Waals surface area contributed by atoms with Crippen molar-refractivity contribution in [1.29, 1.82) is 0 Å². The van der Waals surface area contributed by atoms with Gasteiger partial charge in [-0.15, -0.1) is 0 Å². The first-order valence-corrected chi connectivity index (χ1v) is 5.12. The highest BCUT2D eigenvalue weighted by atomic mass is 16.5. The summed E-state index contributed by atoms with van der Waals surface area (Å²) < 4.78 is 5.72. The van der Waals surface area contributed by atoms with Crippen molar-refractivity contribution >= 4 is 0 Å². The van der Waals surface area contributed by atoms with Crippen LogP contribution in [0.1, 0.15) is 38.5 Å². The van der Waals surface area contributed by atoms with Gasteiger partial charge in [-0.25, -0.2) is 0 Å². The molecule has 2 fully saturated rings. The lowest BCUT2D eigenvalue weighted by molar-refractivity contribution is -0.00375. The second-order valence-electron chi connectivity index (χ2n) is 4.14. The van der Waals surface area contributed by atoms with Gasteiger partial charge < -0.3 is 9.84 Å². The second kappa shape index (κ2) is 3.35. The van der Waals surface area contributed by atoms with Crippen molar-refractivity contribution in [3.63, 3.8) is 0 Å². The number of fused-ring (bicyclic) bond motifs is 1. The van der Waals surface area contributed by atoms with Crippen molar-refractivity contribution in [3.05, 3.63) is 0 Å². The predicted octanol–water partition coefficient (Wildman–Crippen LogP) is 1.72. The van der Waals surface area contributed by atoms with Crippen molar-refractivity contribution < 1.29 is 9.84 Å². The third-order valence-corrected chi connectivity index (χ3v) is 3.31. The average Bonchev–Trinajstić information content (AvgIpc) is 2.74. The molecule has 0 aromatic heterocycles. The minimum atomic E-state index is 0.175. The van der Waals surface area contributed by atoms with Gasteiger partial charge in [0.05, 0.1) is 18.8 Å². The maximum Gasteiger partial charge on any atom is 0.0716 e. The smallest absolute Gasteiger partial charge is 0.0716 e. The molecule has 2 nitrogen and oxygen atoms in total. The topological polar surface area (TPSA) is 29.5 Å². The number of hydrogen-bond acceptors (Lipinski definition) is 2. The van der Waals surface area contributed by atoms with E-state index in [1.54, 1.807) is 0 Å². The van der Waals surface area contributed by atoms with Crippen molar-refractivity contribution in [1.82, 2.24) is 0 Å². The predicted molar refractivity (Wildman–Crippen MR) is 47.0 cm³/mol. The van der Waals surface area contributed by atoms with E-state index >= 15 is 0 Å². The van der Waals surface area contributed by atoms with Crippen LogP contribution in [-0.4, -0.2) is 23.9 Å². The fraction of sp³-hybridized carbons (Fsp3) is 1.00. The van der Waals surface area contributed by atoms with Gasteiger partial charge in [0.1, 0.15) is 0 Å². The van der Waals surface area contributed by atoms with Crippen molar-refractivity contribution in [2.45, 2.75) is 44.1 Å². The van der Waals surface area contributed by atoms with Crippen LogP contribution in [0.3, 0.4) is 0 Å². The molecule has 0 saturated heterocycles. The molecule has 0 amide bonds. The maximum atomic E-state index is 8.68. The summed E-state index contributed by atoms with van der Waals surface area (Å²) in [6.45, 7) is 0.713. The zero-order valence-electron chi connectivity index (χ0n) is 7.59. The van der Waals surface area contributed by atoms with Gasteiger partial charge in [0.2, 0.25) is 0 Å². The summed E-state index contributed by atoms with van der Waals surface area (Å²) in [4.78, 5) is 0. The first kappa shape index (κ1) is 8.52. The SMILES string of the molecule is OCCOC12CCCCCC1C2. The van der Waals surface area contributed by atoms with Gasteiger partial charge >= 0.3 is 0 Å². The molecule has 2 aliphatic carbocycles. The van der Waals surface area contributed by atoms with Gasteiger partial charge in [-0.2, -0.15) is 0 Å². The Morgan fingerprint density at radius 2 is 2.25 bits per heavy atom. The molecular weight excluding hydrogens is 152 g/mol. The zero-order chi connectivity index (χ0) is 8.44. The molecule has 0 aromatic rings. The molecule has 0 radical (unpaired) electrons. The molecular formula is C10H18O2. The Labute approximate surface area is 73.9 Å². The quantitative estimate of drug-likeness (QED) is 0.698. The highest BCUT2D eigenvalue weighted by molar-refractivity contribution is 5.05. The Kier molecular flexibility index (Phi) is 2.37. The number of ether oxygens (including phenoxy) is 1. The van der Waals surface area contributed by atoms with Gasteiger partial charge in [-0.05, 0) is 25.2 Å². The Hall–Kier alpha value is -0.0800. The molecule has 0 aliphatic heterocycles. The van der Waals surface area contributed by atoms with E-state index in [4.69, 9.17) is 9.84 Å². The number of rotatable bonds is 3. The normalized spacial score (nSPS) is 40.2. The molecule has 2 heteroatoms. The minimum absolute atomic E-state index is 0.175. The van der Waals surface area contributed by atoms with Crippen molar-refractivity contribution in [3.8, 4) is 0 Å². The monoisotopic (exact) mass is 170 g/mol. The molecule has 0 spiro atoms. The lowest BCUT2D eigenvalue weighted by Crippen LogP contribution is -2.18. The lowest BCUT2D eigenvalue weighted by atomic mass is 10.1. The van der Waals surface area contributed by atoms with Gasteiger partial charge in [-0.3, -0.25) is 0 Å². The van der Waals surface area contributed by atoms with E-state index in [0.717, 1.165) is 5.92 Å². The Morgan fingerprint density at radius 3 is 3.08 bits per heavy atom. The molecule has 0 aromatic carbocycles. The molecule has 0 bridgehead atoms. The lowest BCUT2D eigenvalue weighted by Gasteiger charge is -2.15. The van der Waals surface area contributed by atoms with E-state index in [1.807, 2.05) is 0 Å². The number of hydrogen-bond donors (Lipinski definition) is 1. The Bertz CT molecular complexity index is 158. The summed E-state index contributed by atoms with van der Waals surface area (Å²) in [6.07, 6.45) is 7.92. The van der Waals surface area contributed by atoms with E-state index in [9.17, 15) is 0 Å². The van der Waals surface area contributed by atoms with Crippen LogP contribution in [0.25, 0.3) is 0 Å². The summed E-state index contributed by atoms with van der Waals surface area (Å²) in [5.41, 5.74) is 0.221. The molecule has 12 heavy (non-hydrogen) atoms. The summed E-state index contributed by atoms with van der Waals surface area (Å²) in [7, 11) is 0. The van der Waals surface area contributed by atoms with Crippen molar-refractivity contribution in [2.75, 3.05) is 13.2 Å².